The van der Waals surface area contributed by atoms with Gasteiger partial charge in [0.25, 0.3) is 0 Å². The van der Waals surface area contributed by atoms with Crippen molar-refractivity contribution in [1.82, 2.24) is 0 Å². The monoisotopic (exact) mass is 236 g/mol. The lowest BCUT2D eigenvalue weighted by atomic mass is 10.2. The zero-order valence-corrected chi connectivity index (χ0v) is 10.2. The fraction of sp³-hybridized carbons (Fsp3) is 0.125. The van der Waals surface area contributed by atoms with Crippen LogP contribution < -0.4 is 0 Å². The standard InChI is InChI=1S/C16H16N2/c1-3-7-15(8-4-1)13-17-11-12-18-14-16-9-5-2-6-10-16/h1-10,13-14H,11-12H2/b17-13-,18-14-. The van der Waals surface area contributed by atoms with Gasteiger partial charge < -0.3 is 0 Å². The SMILES string of the molecule is C(=N/CC/N=C\c1ccccc1)/c1ccccc1. The Kier molecular flexibility index (Phi) is 4.88. The molecule has 0 aliphatic heterocycles. The van der Waals surface area contributed by atoms with Crippen molar-refractivity contribution in [3.8, 4) is 0 Å². The summed E-state index contributed by atoms with van der Waals surface area (Å²) >= 11 is 0. The molecule has 0 radical (unpaired) electrons. The Bertz CT molecular complexity index is 452. The van der Waals surface area contributed by atoms with Crippen molar-refractivity contribution >= 4 is 12.4 Å². The Labute approximate surface area is 108 Å². The van der Waals surface area contributed by atoms with E-state index < -0.39 is 0 Å². The maximum atomic E-state index is 4.33. The topological polar surface area (TPSA) is 24.7 Å². The number of aliphatic imine (C=N–C) groups is 2. The summed E-state index contributed by atoms with van der Waals surface area (Å²) in [5, 5.41) is 0. The summed E-state index contributed by atoms with van der Waals surface area (Å²) in [6, 6.07) is 20.2. The van der Waals surface area contributed by atoms with Gasteiger partial charge in [-0.2, -0.15) is 0 Å². The van der Waals surface area contributed by atoms with Crippen LogP contribution in [-0.4, -0.2) is 25.5 Å². The van der Waals surface area contributed by atoms with Crippen LogP contribution in [-0.2, 0) is 0 Å². The van der Waals surface area contributed by atoms with Crippen LogP contribution in [0.3, 0.4) is 0 Å². The smallest absolute Gasteiger partial charge is 0.0585 e. The van der Waals surface area contributed by atoms with E-state index in [0.717, 1.165) is 24.2 Å². The molecule has 2 heteroatoms. The summed E-state index contributed by atoms with van der Waals surface area (Å²) in [6.07, 6.45) is 3.77. The van der Waals surface area contributed by atoms with Crippen LogP contribution in [0, 0.1) is 0 Å². The van der Waals surface area contributed by atoms with Crippen LogP contribution in [0.4, 0.5) is 0 Å². The largest absolute Gasteiger partial charge is 0.291 e. The molecule has 0 aromatic heterocycles. The van der Waals surface area contributed by atoms with Gasteiger partial charge in [0.2, 0.25) is 0 Å². The number of hydrogen-bond acceptors (Lipinski definition) is 2. The molecule has 0 amide bonds. The normalized spacial score (nSPS) is 11.3. The maximum Gasteiger partial charge on any atom is 0.0585 e. The minimum absolute atomic E-state index is 0.720. The Hall–Kier alpha value is -2.22. The van der Waals surface area contributed by atoms with Gasteiger partial charge in [-0.25, -0.2) is 0 Å². The minimum Gasteiger partial charge on any atom is -0.291 e. The summed E-state index contributed by atoms with van der Waals surface area (Å²) in [5.41, 5.74) is 2.26. The highest BCUT2D eigenvalue weighted by molar-refractivity contribution is 5.80. The second-order valence-electron chi connectivity index (χ2n) is 3.89. The molecule has 0 fully saturated rings. The molecule has 18 heavy (non-hydrogen) atoms. The van der Waals surface area contributed by atoms with E-state index in [9.17, 15) is 0 Å². The van der Waals surface area contributed by atoms with Crippen LogP contribution in [0.15, 0.2) is 70.6 Å². The van der Waals surface area contributed by atoms with Crippen molar-refractivity contribution in [3.05, 3.63) is 71.8 Å². The third-order valence-electron chi connectivity index (χ3n) is 2.44. The average Bonchev–Trinajstić information content (AvgIpc) is 2.45. The predicted octanol–water partition coefficient (Wildman–Crippen LogP) is 3.22. The lowest BCUT2D eigenvalue weighted by molar-refractivity contribution is 0.985. The second kappa shape index (κ2) is 7.17. The van der Waals surface area contributed by atoms with E-state index in [4.69, 9.17) is 0 Å². The van der Waals surface area contributed by atoms with Gasteiger partial charge >= 0.3 is 0 Å². The van der Waals surface area contributed by atoms with Crippen molar-refractivity contribution in [3.63, 3.8) is 0 Å². The fourth-order valence-electron chi connectivity index (χ4n) is 1.53. The van der Waals surface area contributed by atoms with Crippen LogP contribution >= 0.6 is 0 Å². The highest BCUT2D eigenvalue weighted by Crippen LogP contribution is 1.95. The quantitative estimate of drug-likeness (QED) is 0.562. The summed E-state index contributed by atoms with van der Waals surface area (Å²) in [7, 11) is 0. The lowest BCUT2D eigenvalue weighted by Crippen LogP contribution is -1.90. The third kappa shape index (κ3) is 4.34. The summed E-state index contributed by atoms with van der Waals surface area (Å²) in [5.74, 6) is 0. The van der Waals surface area contributed by atoms with E-state index in [1.54, 1.807) is 0 Å². The zero-order chi connectivity index (χ0) is 12.5. The molecule has 0 saturated heterocycles. The molecule has 2 aromatic rings. The zero-order valence-electron chi connectivity index (χ0n) is 10.2. The third-order valence-corrected chi connectivity index (χ3v) is 2.44. The maximum absolute atomic E-state index is 4.33. The van der Waals surface area contributed by atoms with E-state index in [1.807, 2.05) is 73.1 Å². The van der Waals surface area contributed by atoms with Gasteiger partial charge in [0, 0.05) is 12.4 Å². The fourth-order valence-corrected chi connectivity index (χ4v) is 1.53. The van der Waals surface area contributed by atoms with Crippen LogP contribution in [0.25, 0.3) is 0 Å². The molecule has 0 heterocycles. The molecule has 0 aliphatic carbocycles. The van der Waals surface area contributed by atoms with Crippen molar-refractivity contribution in [1.29, 1.82) is 0 Å². The van der Waals surface area contributed by atoms with Crippen molar-refractivity contribution in [2.24, 2.45) is 9.98 Å². The number of benzene rings is 2. The molecule has 0 saturated carbocycles. The number of nitrogens with zero attached hydrogens (tertiary/aromatic N) is 2. The number of hydrogen-bond donors (Lipinski definition) is 0. The molecule has 2 aromatic carbocycles. The summed E-state index contributed by atoms with van der Waals surface area (Å²) in [6.45, 7) is 1.44. The summed E-state index contributed by atoms with van der Waals surface area (Å²) in [4.78, 5) is 8.67. The molecular formula is C16H16N2. The first-order valence-electron chi connectivity index (χ1n) is 6.05. The summed E-state index contributed by atoms with van der Waals surface area (Å²) < 4.78 is 0. The van der Waals surface area contributed by atoms with Crippen LogP contribution in [0.1, 0.15) is 11.1 Å². The van der Waals surface area contributed by atoms with E-state index in [0.29, 0.717) is 0 Å². The van der Waals surface area contributed by atoms with Gasteiger partial charge in [-0.05, 0) is 11.1 Å². The van der Waals surface area contributed by atoms with Gasteiger partial charge in [-0.15, -0.1) is 0 Å². The first-order valence-corrected chi connectivity index (χ1v) is 6.05. The van der Waals surface area contributed by atoms with Crippen molar-refractivity contribution in [2.45, 2.75) is 0 Å². The molecular weight excluding hydrogens is 220 g/mol. The predicted molar refractivity (Wildman–Crippen MR) is 77.8 cm³/mol. The first kappa shape index (κ1) is 12.2. The van der Waals surface area contributed by atoms with Gasteiger partial charge in [-0.3, -0.25) is 9.98 Å². The Balaban J connectivity index is 1.73. The first-order chi connectivity index (χ1) is 8.95. The average molecular weight is 236 g/mol. The molecule has 90 valence electrons. The molecule has 0 spiro atoms. The van der Waals surface area contributed by atoms with Crippen molar-refractivity contribution < 1.29 is 0 Å². The van der Waals surface area contributed by atoms with Crippen LogP contribution in [0.2, 0.25) is 0 Å². The minimum atomic E-state index is 0.720. The molecule has 2 nitrogen and oxygen atoms in total. The molecule has 0 bridgehead atoms. The van der Waals surface area contributed by atoms with E-state index in [-0.39, 0.29) is 0 Å². The Morgan fingerprint density at radius 1 is 0.611 bits per heavy atom. The van der Waals surface area contributed by atoms with Gasteiger partial charge in [0.15, 0.2) is 0 Å². The Morgan fingerprint density at radius 3 is 1.39 bits per heavy atom. The second-order valence-corrected chi connectivity index (χ2v) is 3.89. The number of rotatable bonds is 5. The molecule has 2 rings (SSSR count). The van der Waals surface area contributed by atoms with E-state index in [2.05, 4.69) is 9.98 Å². The lowest BCUT2D eigenvalue weighted by Gasteiger charge is -1.92. The molecule has 0 aliphatic rings. The van der Waals surface area contributed by atoms with E-state index in [1.165, 1.54) is 0 Å². The Morgan fingerprint density at radius 2 is 1.00 bits per heavy atom. The van der Waals surface area contributed by atoms with Crippen LogP contribution in [0.5, 0.6) is 0 Å². The van der Waals surface area contributed by atoms with Gasteiger partial charge in [0.1, 0.15) is 0 Å². The van der Waals surface area contributed by atoms with Crippen molar-refractivity contribution in [2.75, 3.05) is 13.1 Å². The molecule has 0 unspecified atom stereocenters. The van der Waals surface area contributed by atoms with Gasteiger partial charge in [0.05, 0.1) is 13.1 Å². The highest BCUT2D eigenvalue weighted by Gasteiger charge is 1.84. The molecule has 0 N–H and O–H groups in total. The highest BCUT2D eigenvalue weighted by atomic mass is 14.8. The van der Waals surface area contributed by atoms with E-state index >= 15 is 0 Å². The molecule has 0 atom stereocenters. The van der Waals surface area contributed by atoms with Gasteiger partial charge in [-0.1, -0.05) is 60.7 Å².